The number of hydrogen-bond acceptors (Lipinski definition) is 1. The first kappa shape index (κ1) is 9.28. The first-order valence-corrected chi connectivity index (χ1v) is 5.00. The highest BCUT2D eigenvalue weighted by molar-refractivity contribution is 5.83. The van der Waals surface area contributed by atoms with E-state index in [2.05, 4.69) is 37.0 Å². The predicted molar refractivity (Wildman–Crippen MR) is 60.5 cm³/mol. The predicted octanol–water partition coefficient (Wildman–Crippen LogP) is 2.54. The maximum absolute atomic E-state index is 5.67. The van der Waals surface area contributed by atoms with Crippen molar-refractivity contribution in [3.63, 3.8) is 0 Å². The molecule has 2 nitrogen and oxygen atoms in total. The number of aromatic amines is 1. The molecule has 14 heavy (non-hydrogen) atoms. The van der Waals surface area contributed by atoms with Crippen LogP contribution in [0.1, 0.15) is 24.0 Å². The lowest BCUT2D eigenvalue weighted by molar-refractivity contribution is 0.774. The molecule has 0 saturated carbocycles. The van der Waals surface area contributed by atoms with Gasteiger partial charge in [0.15, 0.2) is 0 Å². The number of rotatable bonds is 2. The molecule has 2 heteroatoms. The van der Waals surface area contributed by atoms with E-state index in [1.54, 1.807) is 0 Å². The molecule has 3 N–H and O–H groups in total. The summed E-state index contributed by atoms with van der Waals surface area (Å²) in [6.45, 7) is 4.99. The molecule has 2 aromatic rings. The molecular weight excluding hydrogens is 172 g/mol. The highest BCUT2D eigenvalue weighted by Crippen LogP contribution is 2.23. The highest BCUT2D eigenvalue weighted by Gasteiger charge is 2.06. The Kier molecular flexibility index (Phi) is 2.30. The number of H-pyrrole nitrogens is 1. The topological polar surface area (TPSA) is 41.8 Å². The lowest BCUT2D eigenvalue weighted by Crippen LogP contribution is -2.08. The molecule has 0 fully saturated rings. The molecule has 74 valence electrons. The van der Waals surface area contributed by atoms with Gasteiger partial charge >= 0.3 is 0 Å². The second kappa shape index (κ2) is 3.46. The van der Waals surface area contributed by atoms with Crippen LogP contribution < -0.4 is 5.73 Å². The van der Waals surface area contributed by atoms with Gasteiger partial charge in [-0.05, 0) is 48.0 Å². The molecule has 0 amide bonds. The van der Waals surface area contributed by atoms with E-state index in [0.717, 1.165) is 0 Å². The normalized spacial score (nSPS) is 13.4. The molecule has 1 aromatic carbocycles. The maximum atomic E-state index is 5.67. The minimum atomic E-state index is 0.438. The molecule has 0 bridgehead atoms. The van der Waals surface area contributed by atoms with Crippen molar-refractivity contribution >= 4 is 10.9 Å². The Hall–Kier alpha value is -1.28. The molecule has 2 rings (SSSR count). The van der Waals surface area contributed by atoms with Crippen molar-refractivity contribution in [3.05, 3.63) is 35.5 Å². The second-order valence-electron chi connectivity index (χ2n) is 3.92. The lowest BCUT2D eigenvalue weighted by atomic mass is 9.97. The maximum Gasteiger partial charge on any atom is 0.0483 e. The van der Waals surface area contributed by atoms with E-state index in [-0.39, 0.29) is 0 Å². The number of aryl methyl sites for hydroxylation is 1. The van der Waals surface area contributed by atoms with E-state index >= 15 is 0 Å². The van der Waals surface area contributed by atoms with E-state index < -0.39 is 0 Å². The molecule has 0 spiro atoms. The van der Waals surface area contributed by atoms with Gasteiger partial charge in [0.25, 0.3) is 0 Å². The minimum Gasteiger partial charge on any atom is -0.361 e. The number of nitrogens with two attached hydrogens (primary N) is 1. The Bertz CT molecular complexity index is 443. The number of benzene rings is 1. The van der Waals surface area contributed by atoms with Crippen LogP contribution in [0, 0.1) is 6.92 Å². The van der Waals surface area contributed by atoms with Crippen LogP contribution in [0.5, 0.6) is 0 Å². The first-order valence-electron chi connectivity index (χ1n) is 5.00. The zero-order chi connectivity index (χ0) is 10.1. The Morgan fingerprint density at radius 3 is 2.93 bits per heavy atom. The summed E-state index contributed by atoms with van der Waals surface area (Å²) in [7, 11) is 0. The van der Waals surface area contributed by atoms with Crippen molar-refractivity contribution in [2.24, 2.45) is 5.73 Å². The summed E-state index contributed by atoms with van der Waals surface area (Å²) >= 11 is 0. The van der Waals surface area contributed by atoms with Gasteiger partial charge in [-0.3, -0.25) is 0 Å². The number of hydrogen-bond donors (Lipinski definition) is 2. The summed E-state index contributed by atoms with van der Waals surface area (Å²) in [6, 6.07) is 6.54. The van der Waals surface area contributed by atoms with E-state index in [4.69, 9.17) is 5.73 Å². The Morgan fingerprint density at radius 2 is 2.21 bits per heavy atom. The fraction of sp³-hybridized carbons (Fsp3) is 0.333. The van der Waals surface area contributed by atoms with Crippen LogP contribution >= 0.6 is 0 Å². The van der Waals surface area contributed by atoms with Gasteiger partial charge in [-0.25, -0.2) is 0 Å². The summed E-state index contributed by atoms with van der Waals surface area (Å²) in [5.41, 5.74) is 9.52. The molecule has 1 atom stereocenters. The van der Waals surface area contributed by atoms with Gasteiger partial charge in [0.05, 0.1) is 0 Å². The summed E-state index contributed by atoms with van der Waals surface area (Å²) in [5, 5.41) is 1.28. The minimum absolute atomic E-state index is 0.438. The Morgan fingerprint density at radius 1 is 1.43 bits per heavy atom. The molecule has 1 heterocycles. The van der Waals surface area contributed by atoms with Crippen molar-refractivity contribution < 1.29 is 0 Å². The van der Waals surface area contributed by atoms with Crippen molar-refractivity contribution in [1.29, 1.82) is 0 Å². The first-order chi connectivity index (χ1) is 6.72. The van der Waals surface area contributed by atoms with E-state index in [1.165, 1.54) is 22.0 Å². The fourth-order valence-corrected chi connectivity index (χ4v) is 1.81. The Labute approximate surface area is 84.1 Å². The average Bonchev–Trinajstić information content (AvgIpc) is 2.64. The monoisotopic (exact) mass is 188 g/mol. The molecular formula is C12H16N2. The summed E-state index contributed by atoms with van der Waals surface area (Å²) in [4.78, 5) is 3.24. The van der Waals surface area contributed by atoms with Crippen LogP contribution in [0.4, 0.5) is 0 Å². The lowest BCUT2D eigenvalue weighted by Gasteiger charge is -2.10. The summed E-state index contributed by atoms with van der Waals surface area (Å²) in [6.07, 6.45) is 1.98. The van der Waals surface area contributed by atoms with Crippen molar-refractivity contribution in [2.75, 3.05) is 6.54 Å². The van der Waals surface area contributed by atoms with Gasteiger partial charge in [0, 0.05) is 11.7 Å². The molecule has 1 aromatic heterocycles. The van der Waals surface area contributed by atoms with Gasteiger partial charge in [0.1, 0.15) is 0 Å². The van der Waals surface area contributed by atoms with Gasteiger partial charge in [-0.2, -0.15) is 0 Å². The molecule has 1 unspecified atom stereocenters. The average molecular weight is 188 g/mol. The molecule has 0 aliphatic heterocycles. The van der Waals surface area contributed by atoms with E-state index in [1.807, 2.05) is 6.20 Å². The number of nitrogens with one attached hydrogen (secondary N) is 1. The van der Waals surface area contributed by atoms with Crippen LogP contribution in [-0.4, -0.2) is 11.5 Å². The smallest absolute Gasteiger partial charge is 0.0483 e. The number of aromatic nitrogens is 1. The highest BCUT2D eigenvalue weighted by atomic mass is 14.7. The summed E-state index contributed by atoms with van der Waals surface area (Å²) < 4.78 is 0. The van der Waals surface area contributed by atoms with Crippen LogP contribution in [-0.2, 0) is 0 Å². The third kappa shape index (κ3) is 1.42. The van der Waals surface area contributed by atoms with Crippen LogP contribution in [0.15, 0.2) is 24.4 Å². The number of fused-ring (bicyclic) bond motifs is 1. The SMILES string of the molecule is Cc1cc(C(C)CN)cc2cc[nH]c12. The van der Waals surface area contributed by atoms with E-state index in [0.29, 0.717) is 12.5 Å². The van der Waals surface area contributed by atoms with Crippen LogP contribution in [0.3, 0.4) is 0 Å². The quantitative estimate of drug-likeness (QED) is 0.747. The van der Waals surface area contributed by atoms with Crippen LogP contribution in [0.2, 0.25) is 0 Å². The van der Waals surface area contributed by atoms with Crippen LogP contribution in [0.25, 0.3) is 10.9 Å². The van der Waals surface area contributed by atoms with Gasteiger partial charge in [-0.1, -0.05) is 13.0 Å². The zero-order valence-corrected chi connectivity index (χ0v) is 8.67. The summed E-state index contributed by atoms with van der Waals surface area (Å²) in [5.74, 6) is 0.438. The van der Waals surface area contributed by atoms with Crippen molar-refractivity contribution in [3.8, 4) is 0 Å². The molecule has 0 saturated heterocycles. The Balaban J connectivity index is 2.58. The van der Waals surface area contributed by atoms with Gasteiger partial charge in [-0.15, -0.1) is 0 Å². The second-order valence-corrected chi connectivity index (χ2v) is 3.92. The standard InChI is InChI=1S/C12H16N2/c1-8-5-11(9(2)7-13)6-10-3-4-14-12(8)10/h3-6,9,14H,7,13H2,1-2H3. The van der Waals surface area contributed by atoms with Crippen molar-refractivity contribution in [2.45, 2.75) is 19.8 Å². The van der Waals surface area contributed by atoms with Gasteiger partial charge < -0.3 is 10.7 Å². The third-order valence-electron chi connectivity index (χ3n) is 2.80. The molecule has 0 aliphatic rings. The largest absolute Gasteiger partial charge is 0.361 e. The van der Waals surface area contributed by atoms with E-state index in [9.17, 15) is 0 Å². The third-order valence-corrected chi connectivity index (χ3v) is 2.80. The van der Waals surface area contributed by atoms with Gasteiger partial charge in [0.2, 0.25) is 0 Å². The zero-order valence-electron chi connectivity index (χ0n) is 8.67. The fourth-order valence-electron chi connectivity index (χ4n) is 1.81. The van der Waals surface area contributed by atoms with Crippen molar-refractivity contribution in [1.82, 2.24) is 4.98 Å². The molecule has 0 radical (unpaired) electrons. The molecule has 0 aliphatic carbocycles.